The Morgan fingerprint density at radius 1 is 0.506 bits per heavy atom. The minimum atomic E-state index is -1.75. The van der Waals surface area contributed by atoms with Crippen molar-refractivity contribution in [1.82, 2.24) is 9.55 Å². The molecule has 6 heteroatoms. The highest BCUT2D eigenvalue weighted by Gasteiger charge is 2.33. The number of para-hydroxylation sites is 3. The van der Waals surface area contributed by atoms with Crippen LogP contribution in [0.2, 0.25) is 0 Å². The molecular formula is C73H66N4O2. The number of furan rings is 1. The van der Waals surface area contributed by atoms with Crippen LogP contribution in [0.5, 0.6) is 11.5 Å². The Morgan fingerprint density at radius 3 is 1.78 bits per heavy atom. The van der Waals surface area contributed by atoms with Crippen LogP contribution in [0.4, 0.5) is 22.7 Å². The van der Waals surface area contributed by atoms with Gasteiger partial charge in [-0.3, -0.25) is 4.57 Å². The van der Waals surface area contributed by atoms with Gasteiger partial charge in [0.25, 0.3) is 0 Å². The summed E-state index contributed by atoms with van der Waals surface area (Å²) in [6.45, 7) is 20.0. The van der Waals surface area contributed by atoms with E-state index < -0.39 is 11.8 Å². The molecule has 1 aliphatic heterocycles. The molecule has 0 aliphatic carbocycles. The summed E-state index contributed by atoms with van der Waals surface area (Å²) >= 11 is 0. The molecule has 3 aromatic heterocycles. The third-order valence-corrected chi connectivity index (χ3v) is 15.5. The molecule has 0 saturated carbocycles. The fraction of sp³-hybridized carbons (Fsp3) is 0.192. The van der Waals surface area contributed by atoms with Crippen molar-refractivity contribution in [2.24, 2.45) is 5.41 Å². The van der Waals surface area contributed by atoms with Gasteiger partial charge in [0.2, 0.25) is 0 Å². The van der Waals surface area contributed by atoms with E-state index >= 15 is 0 Å². The van der Waals surface area contributed by atoms with Crippen molar-refractivity contribution in [2.45, 2.75) is 79.5 Å². The number of fused-ring (bicyclic) bond motifs is 8. The van der Waals surface area contributed by atoms with Gasteiger partial charge < -0.3 is 19.0 Å². The summed E-state index contributed by atoms with van der Waals surface area (Å²) in [6.07, 6.45) is 0.109. The van der Waals surface area contributed by atoms with E-state index in [1.165, 1.54) is 33.4 Å². The van der Waals surface area contributed by atoms with E-state index in [0.29, 0.717) is 29.5 Å². The van der Waals surface area contributed by atoms with Crippen molar-refractivity contribution in [1.29, 1.82) is 0 Å². The number of pyridine rings is 1. The van der Waals surface area contributed by atoms with Crippen molar-refractivity contribution >= 4 is 66.5 Å². The van der Waals surface area contributed by atoms with Crippen LogP contribution in [0.3, 0.4) is 0 Å². The average molecular weight is 1030 g/mol. The Morgan fingerprint density at radius 2 is 1.11 bits per heavy atom. The predicted octanol–water partition coefficient (Wildman–Crippen LogP) is 20.3. The van der Waals surface area contributed by atoms with E-state index in [-0.39, 0.29) is 10.8 Å². The standard InChI is InChI=1S/C73H66N4O2/c1-71(2,3)44-50-39-67(74-45-61(50)49-31-33-51(34-32-49)72(4,5)6)77-64-38-37-57-56-27-16-19-30-66(56)79-70(57)68(64)58-36-35-55(43-65(58)77)78-54-26-20-25-53(42-54)75-46-76(63-29-18-17-28-62(63)75)69-59(47-21-12-10-13-22-47)40-52(73(7,8)9)41-60(69)48-23-14-11-15-24-48/h10-43,45H,44,46H2,1-9H3/i44D2. The molecule has 0 spiro atoms. The van der Waals surface area contributed by atoms with E-state index in [1.54, 1.807) is 0 Å². The Kier molecular flexibility index (Phi) is 11.4. The molecular weight excluding hydrogens is 965 g/mol. The zero-order valence-corrected chi connectivity index (χ0v) is 46.5. The SMILES string of the molecule is [2H]C([2H])(c1cc(-n2c3cc(Oc4cccc(N5CN(c6c(-c7ccccc7)cc(C(C)(C)C)cc6-c6ccccc6)c6ccccc65)c4)ccc3c3c4oc5ccccc5c4ccc32)ncc1-c1ccc(C(C)(C)C)cc1)C(C)(C)C. The van der Waals surface area contributed by atoms with Gasteiger partial charge in [0.1, 0.15) is 35.2 Å². The summed E-state index contributed by atoms with van der Waals surface area (Å²) in [7, 11) is 0. The molecule has 4 heterocycles. The lowest BCUT2D eigenvalue weighted by Gasteiger charge is -2.30. The monoisotopic (exact) mass is 1030 g/mol. The number of rotatable bonds is 9. The fourth-order valence-corrected chi connectivity index (χ4v) is 11.5. The van der Waals surface area contributed by atoms with Crippen LogP contribution < -0.4 is 14.5 Å². The van der Waals surface area contributed by atoms with Crippen molar-refractivity contribution in [3.05, 3.63) is 229 Å². The maximum absolute atomic E-state index is 9.81. The Hall–Kier alpha value is -8.87. The first-order valence-corrected chi connectivity index (χ1v) is 27.5. The van der Waals surface area contributed by atoms with Crippen LogP contribution in [0.1, 0.15) is 81.7 Å². The lowest BCUT2D eigenvalue weighted by atomic mass is 9.82. The number of hydrogen-bond acceptors (Lipinski definition) is 5. The maximum atomic E-state index is 9.81. The second kappa shape index (κ2) is 18.9. The van der Waals surface area contributed by atoms with Crippen molar-refractivity contribution in [3.8, 4) is 50.7 Å². The first kappa shape index (κ1) is 47.4. The van der Waals surface area contributed by atoms with Crippen LogP contribution in [-0.2, 0) is 17.2 Å². The van der Waals surface area contributed by atoms with Crippen LogP contribution >= 0.6 is 0 Å². The van der Waals surface area contributed by atoms with Gasteiger partial charge in [-0.1, -0.05) is 184 Å². The maximum Gasteiger partial charge on any atom is 0.145 e. The van der Waals surface area contributed by atoms with Gasteiger partial charge in [-0.25, -0.2) is 4.98 Å². The highest BCUT2D eigenvalue weighted by molar-refractivity contribution is 6.24. The van der Waals surface area contributed by atoms with E-state index in [1.807, 2.05) is 63.4 Å². The van der Waals surface area contributed by atoms with Gasteiger partial charge in [-0.05, 0) is 129 Å². The van der Waals surface area contributed by atoms with Crippen LogP contribution in [0.25, 0.3) is 82.9 Å². The lowest BCUT2D eigenvalue weighted by molar-refractivity contribution is 0.411. The molecule has 13 rings (SSSR count). The van der Waals surface area contributed by atoms with Crippen LogP contribution in [-0.4, -0.2) is 16.2 Å². The van der Waals surface area contributed by atoms with Gasteiger partial charge in [0.15, 0.2) is 0 Å². The Labute approximate surface area is 467 Å². The second-order valence-electron chi connectivity index (χ2n) is 24.2. The molecule has 6 nitrogen and oxygen atoms in total. The highest BCUT2D eigenvalue weighted by Crippen LogP contribution is 2.52. The summed E-state index contributed by atoms with van der Waals surface area (Å²) in [4.78, 5) is 10.1. The third kappa shape index (κ3) is 9.09. The zero-order valence-electron chi connectivity index (χ0n) is 48.5. The van der Waals surface area contributed by atoms with Crippen LogP contribution in [0.15, 0.2) is 217 Å². The Balaban J connectivity index is 0.932. The largest absolute Gasteiger partial charge is 0.457 e. The normalized spacial score (nSPS) is 13.6. The van der Waals surface area contributed by atoms with E-state index in [4.69, 9.17) is 14.1 Å². The molecule has 0 radical (unpaired) electrons. The van der Waals surface area contributed by atoms with Crippen molar-refractivity contribution < 1.29 is 11.9 Å². The molecule has 390 valence electrons. The zero-order chi connectivity index (χ0) is 56.2. The summed E-state index contributed by atoms with van der Waals surface area (Å²) < 4.78 is 35.5. The van der Waals surface area contributed by atoms with Gasteiger partial charge in [-0.2, -0.15) is 0 Å². The highest BCUT2D eigenvalue weighted by atomic mass is 16.5. The predicted molar refractivity (Wildman–Crippen MR) is 331 cm³/mol. The van der Waals surface area contributed by atoms with Crippen LogP contribution in [0, 0.1) is 5.41 Å². The minimum absolute atomic E-state index is 0.0278. The Bertz CT molecular complexity index is 4330. The number of benzene rings is 9. The molecule has 0 unspecified atom stereocenters. The quantitative estimate of drug-likeness (QED) is 0.144. The van der Waals surface area contributed by atoms with E-state index in [0.717, 1.165) is 77.6 Å². The van der Waals surface area contributed by atoms with Gasteiger partial charge >= 0.3 is 0 Å². The molecule has 0 amide bonds. The van der Waals surface area contributed by atoms with Gasteiger partial charge in [-0.15, -0.1) is 0 Å². The number of ether oxygens (including phenoxy) is 1. The van der Waals surface area contributed by atoms with Gasteiger partial charge in [0, 0.05) is 59.6 Å². The van der Waals surface area contributed by atoms with Crippen molar-refractivity contribution in [2.75, 3.05) is 16.5 Å². The minimum Gasteiger partial charge on any atom is -0.457 e. The molecule has 0 atom stereocenters. The fourth-order valence-electron chi connectivity index (χ4n) is 11.5. The number of hydrogen-bond donors (Lipinski definition) is 0. The lowest BCUT2D eigenvalue weighted by Crippen LogP contribution is -2.25. The summed E-state index contributed by atoms with van der Waals surface area (Å²) in [5.41, 5.74) is 16.3. The average Bonchev–Trinajstić information content (AvgIpc) is 4.37. The molecule has 0 fully saturated rings. The summed E-state index contributed by atoms with van der Waals surface area (Å²) in [6, 6.07) is 72.6. The number of nitrogens with zero attached hydrogens (tertiary/aromatic N) is 4. The summed E-state index contributed by atoms with van der Waals surface area (Å²) in [5.74, 6) is 1.93. The smallest absolute Gasteiger partial charge is 0.145 e. The first-order valence-electron chi connectivity index (χ1n) is 28.5. The molecule has 79 heavy (non-hydrogen) atoms. The molecule has 1 aliphatic rings. The number of aromatic nitrogens is 2. The molecule has 0 bridgehead atoms. The topological polar surface area (TPSA) is 46.7 Å². The first-order chi connectivity index (χ1) is 38.8. The molecule has 9 aromatic carbocycles. The van der Waals surface area contributed by atoms with E-state index in [9.17, 15) is 2.74 Å². The summed E-state index contributed by atoms with van der Waals surface area (Å²) in [5, 5.41) is 3.99. The second-order valence-corrected chi connectivity index (χ2v) is 24.2. The molecule has 0 N–H and O–H groups in total. The van der Waals surface area contributed by atoms with E-state index in [2.05, 4.69) is 226 Å². The molecule has 0 saturated heterocycles. The van der Waals surface area contributed by atoms with Gasteiger partial charge in [0.05, 0.1) is 33.5 Å². The van der Waals surface area contributed by atoms with Crippen molar-refractivity contribution in [3.63, 3.8) is 0 Å². The molecule has 12 aromatic rings. The third-order valence-electron chi connectivity index (χ3n) is 15.5. The number of anilines is 4.